The minimum atomic E-state index is -0.199. The molecule has 3 rings (SSSR count). The first kappa shape index (κ1) is 15.5. The van der Waals surface area contributed by atoms with Crippen LogP contribution in [0.5, 0.6) is 0 Å². The maximum absolute atomic E-state index is 12.1. The Morgan fingerprint density at radius 2 is 1.83 bits per heavy atom. The van der Waals surface area contributed by atoms with Crippen LogP contribution < -0.4 is 5.56 Å². The first-order chi connectivity index (χ1) is 11.3. The average Bonchev–Trinajstić information content (AvgIpc) is 2.59. The van der Waals surface area contributed by atoms with Crippen LogP contribution in [0, 0.1) is 0 Å². The number of halogens is 1. The van der Waals surface area contributed by atoms with Gasteiger partial charge in [-0.2, -0.15) is 0 Å². The van der Waals surface area contributed by atoms with Gasteiger partial charge in [0.1, 0.15) is 5.15 Å². The van der Waals surface area contributed by atoms with E-state index < -0.39 is 0 Å². The Morgan fingerprint density at radius 1 is 1.00 bits per heavy atom. The summed E-state index contributed by atoms with van der Waals surface area (Å²) in [6.45, 7) is 0.817. The van der Waals surface area contributed by atoms with Gasteiger partial charge in [0, 0.05) is 17.8 Å². The molecule has 0 unspecified atom stereocenters. The molecule has 2 aromatic heterocycles. The van der Waals surface area contributed by atoms with E-state index in [1.54, 1.807) is 30.6 Å². The molecule has 1 aromatic carbocycles. The molecule has 0 fully saturated rings. The largest absolute Gasteiger partial charge is 0.372 e. The Balaban J connectivity index is 1.80. The van der Waals surface area contributed by atoms with Crippen molar-refractivity contribution in [2.45, 2.75) is 13.2 Å². The predicted molar refractivity (Wildman–Crippen MR) is 89.8 cm³/mol. The van der Waals surface area contributed by atoms with E-state index in [1.165, 1.54) is 10.6 Å². The summed E-state index contributed by atoms with van der Waals surface area (Å²) in [7, 11) is 0. The zero-order chi connectivity index (χ0) is 16.1. The van der Waals surface area contributed by atoms with E-state index in [2.05, 4.69) is 4.98 Å². The Bertz CT molecular complexity index is 833. The molecule has 0 spiro atoms. The third-order valence-corrected chi connectivity index (χ3v) is 3.79. The van der Waals surface area contributed by atoms with Gasteiger partial charge in [0.25, 0.3) is 5.56 Å². The molecule has 0 saturated heterocycles. The lowest BCUT2D eigenvalue weighted by Gasteiger charge is -2.12. The highest BCUT2D eigenvalue weighted by molar-refractivity contribution is 6.30. The average molecular weight is 327 g/mol. The van der Waals surface area contributed by atoms with Crippen LogP contribution in [0.4, 0.5) is 0 Å². The summed E-state index contributed by atoms with van der Waals surface area (Å²) in [4.78, 5) is 16.1. The predicted octanol–water partition coefficient (Wildman–Crippen LogP) is 3.60. The van der Waals surface area contributed by atoms with Gasteiger partial charge in [0.2, 0.25) is 0 Å². The lowest BCUT2D eigenvalue weighted by Crippen LogP contribution is -2.19. The summed E-state index contributed by atoms with van der Waals surface area (Å²) in [5.74, 6) is 0. The lowest BCUT2D eigenvalue weighted by atomic mass is 10.2. The quantitative estimate of drug-likeness (QED) is 0.673. The number of pyridine rings is 2. The minimum absolute atomic E-state index is 0.199. The highest BCUT2D eigenvalue weighted by Gasteiger charge is 2.10. The Kier molecular flexibility index (Phi) is 4.86. The van der Waals surface area contributed by atoms with E-state index >= 15 is 0 Å². The Hall–Kier alpha value is -2.43. The van der Waals surface area contributed by atoms with Gasteiger partial charge in [0.15, 0.2) is 0 Å². The number of hydrogen-bond acceptors (Lipinski definition) is 3. The maximum atomic E-state index is 12.1. The van der Waals surface area contributed by atoms with Gasteiger partial charge in [0.05, 0.1) is 25.1 Å². The second-order valence-corrected chi connectivity index (χ2v) is 5.37. The van der Waals surface area contributed by atoms with Gasteiger partial charge in [-0.1, -0.05) is 41.9 Å². The summed E-state index contributed by atoms with van der Waals surface area (Å²) in [6, 6.07) is 16.6. The normalized spacial score (nSPS) is 10.7. The monoisotopic (exact) mass is 326 g/mol. The van der Waals surface area contributed by atoms with Crippen LogP contribution in [-0.4, -0.2) is 9.55 Å². The molecule has 3 aromatic rings. The molecule has 0 N–H and O–H groups in total. The number of nitrogens with zero attached hydrogens (tertiary/aromatic N) is 2. The minimum Gasteiger partial charge on any atom is -0.372 e. The fourth-order valence-corrected chi connectivity index (χ4v) is 2.54. The maximum Gasteiger partial charge on any atom is 0.256 e. The van der Waals surface area contributed by atoms with Gasteiger partial charge in [-0.15, -0.1) is 0 Å². The third-order valence-electron chi connectivity index (χ3n) is 3.38. The summed E-state index contributed by atoms with van der Waals surface area (Å²) in [5.41, 5.74) is 2.28. The van der Waals surface area contributed by atoms with Crippen molar-refractivity contribution >= 4 is 11.6 Å². The molecule has 0 radical (unpaired) electrons. The van der Waals surface area contributed by atoms with E-state index in [0.29, 0.717) is 24.1 Å². The Morgan fingerprint density at radius 3 is 2.57 bits per heavy atom. The highest BCUT2D eigenvalue weighted by Crippen LogP contribution is 2.19. The van der Waals surface area contributed by atoms with Crippen molar-refractivity contribution in [3.05, 3.63) is 93.6 Å². The van der Waals surface area contributed by atoms with E-state index in [-0.39, 0.29) is 5.56 Å². The molecule has 4 nitrogen and oxygen atoms in total. The van der Waals surface area contributed by atoms with Gasteiger partial charge in [-0.25, -0.2) is 0 Å². The van der Waals surface area contributed by atoms with Crippen molar-refractivity contribution in [2.75, 3.05) is 0 Å². The van der Waals surface area contributed by atoms with Gasteiger partial charge < -0.3 is 4.74 Å². The van der Waals surface area contributed by atoms with Crippen LogP contribution in [0.25, 0.3) is 5.69 Å². The SMILES string of the molecule is O=c1ccc(COCc2ccccc2)c(Cl)n1-c1cccnc1. The smallest absolute Gasteiger partial charge is 0.256 e. The third kappa shape index (κ3) is 3.67. The molecule has 0 aliphatic heterocycles. The van der Waals surface area contributed by atoms with E-state index in [0.717, 1.165) is 11.1 Å². The van der Waals surface area contributed by atoms with Crippen molar-refractivity contribution in [1.82, 2.24) is 9.55 Å². The summed E-state index contributed by atoms with van der Waals surface area (Å²) < 4.78 is 7.13. The molecule has 0 amide bonds. The number of rotatable bonds is 5. The van der Waals surface area contributed by atoms with Crippen LogP contribution in [0.1, 0.15) is 11.1 Å². The second-order valence-electron chi connectivity index (χ2n) is 5.01. The van der Waals surface area contributed by atoms with E-state index in [9.17, 15) is 4.79 Å². The van der Waals surface area contributed by atoms with Crippen molar-refractivity contribution in [1.29, 1.82) is 0 Å². The summed E-state index contributed by atoms with van der Waals surface area (Å²) in [5, 5.41) is 0.346. The first-order valence-electron chi connectivity index (χ1n) is 7.18. The molecule has 5 heteroatoms. The molecule has 0 atom stereocenters. The fourth-order valence-electron chi connectivity index (χ4n) is 2.24. The molecule has 0 aliphatic rings. The standard InChI is InChI=1S/C18H15ClN2O2/c19-18-15(13-23-12-14-5-2-1-3-6-14)8-9-17(22)21(18)16-7-4-10-20-11-16/h1-11H,12-13H2. The highest BCUT2D eigenvalue weighted by atomic mass is 35.5. The molecular formula is C18H15ClN2O2. The molecule has 23 heavy (non-hydrogen) atoms. The van der Waals surface area contributed by atoms with E-state index in [4.69, 9.17) is 16.3 Å². The fraction of sp³-hybridized carbons (Fsp3) is 0.111. The molecular weight excluding hydrogens is 312 g/mol. The second kappa shape index (κ2) is 7.22. The van der Waals surface area contributed by atoms with Crippen LogP contribution >= 0.6 is 11.6 Å². The number of hydrogen-bond donors (Lipinski definition) is 0. The summed E-state index contributed by atoms with van der Waals surface area (Å²) >= 11 is 6.39. The number of ether oxygens (including phenoxy) is 1. The van der Waals surface area contributed by atoms with Crippen LogP contribution in [0.15, 0.2) is 71.8 Å². The number of aromatic nitrogens is 2. The molecule has 0 saturated carbocycles. The van der Waals surface area contributed by atoms with Crippen molar-refractivity contribution in [2.24, 2.45) is 0 Å². The van der Waals surface area contributed by atoms with Crippen LogP contribution in [-0.2, 0) is 18.0 Å². The first-order valence-corrected chi connectivity index (χ1v) is 7.56. The van der Waals surface area contributed by atoms with Crippen LogP contribution in [0.2, 0.25) is 5.15 Å². The Labute approximate surface area is 139 Å². The lowest BCUT2D eigenvalue weighted by molar-refractivity contribution is 0.107. The van der Waals surface area contributed by atoms with Gasteiger partial charge >= 0.3 is 0 Å². The molecule has 0 bridgehead atoms. The molecule has 2 heterocycles. The van der Waals surface area contributed by atoms with Crippen LogP contribution in [0.3, 0.4) is 0 Å². The van der Waals surface area contributed by atoms with Crippen molar-refractivity contribution in [3.63, 3.8) is 0 Å². The molecule has 116 valence electrons. The zero-order valence-electron chi connectivity index (χ0n) is 12.4. The van der Waals surface area contributed by atoms with Crippen molar-refractivity contribution in [3.8, 4) is 5.69 Å². The van der Waals surface area contributed by atoms with Crippen molar-refractivity contribution < 1.29 is 4.74 Å². The topological polar surface area (TPSA) is 44.1 Å². The zero-order valence-corrected chi connectivity index (χ0v) is 13.1. The summed E-state index contributed by atoms with van der Waals surface area (Å²) in [6.07, 6.45) is 3.25. The van der Waals surface area contributed by atoms with Gasteiger partial charge in [-0.3, -0.25) is 14.3 Å². The molecule has 0 aliphatic carbocycles. The number of benzene rings is 1. The van der Waals surface area contributed by atoms with Gasteiger partial charge in [-0.05, 0) is 23.8 Å². The van der Waals surface area contributed by atoms with E-state index in [1.807, 2.05) is 30.3 Å².